The number of aryl methyl sites for hydroxylation is 1. The molecule has 0 aliphatic heterocycles. The fourth-order valence-corrected chi connectivity index (χ4v) is 4.98. The fourth-order valence-electron chi connectivity index (χ4n) is 3.79. The Labute approximate surface area is 203 Å². The molecule has 1 fully saturated rings. The molecule has 2 aromatic heterocycles. The van der Waals surface area contributed by atoms with E-state index < -0.39 is 10.0 Å². The van der Waals surface area contributed by atoms with Crippen LogP contribution in [0.1, 0.15) is 24.8 Å². The first-order valence-corrected chi connectivity index (χ1v) is 11.8. The quantitative estimate of drug-likeness (QED) is 0.187. The molecule has 4 aromatic rings. The SMILES string of the molecule is [CH2-][C@H]1CC[C@@H]([N-]S(=O)(=O)c2ccc(C)cc2)C1.[Pd+2].c1cnc2c(c1)ccc1cccnc12. The summed E-state index contributed by atoms with van der Waals surface area (Å²) in [5, 5.41) is 2.28. The molecule has 2 heterocycles. The molecule has 0 spiro atoms. The first kappa shape index (κ1) is 24.5. The molecular formula is C25H25N3O2PdS. The Bertz CT molecular complexity index is 1240. The number of sulfonamides is 1. The summed E-state index contributed by atoms with van der Waals surface area (Å²) in [4.78, 5) is 8.98. The van der Waals surface area contributed by atoms with Crippen LogP contribution in [0.15, 0.2) is 78.0 Å². The zero-order valence-electron chi connectivity index (χ0n) is 17.8. The maximum Gasteiger partial charge on any atom is 2.00 e. The maximum atomic E-state index is 12.0. The van der Waals surface area contributed by atoms with Gasteiger partial charge in [0.25, 0.3) is 0 Å². The number of nitrogens with zero attached hydrogens (tertiary/aromatic N) is 3. The minimum Gasteiger partial charge on any atom is -0.542 e. The molecule has 0 radical (unpaired) electrons. The summed E-state index contributed by atoms with van der Waals surface area (Å²) < 4.78 is 28.0. The molecule has 2 atom stereocenters. The molecule has 5 rings (SSSR count). The smallest absolute Gasteiger partial charge is 0.542 e. The van der Waals surface area contributed by atoms with E-state index in [1.165, 1.54) is 0 Å². The molecule has 1 saturated carbocycles. The Morgan fingerprint density at radius 3 is 1.94 bits per heavy atom. The Morgan fingerprint density at radius 2 is 1.44 bits per heavy atom. The summed E-state index contributed by atoms with van der Waals surface area (Å²) in [6.07, 6.45) is 6.19. The van der Waals surface area contributed by atoms with Crippen molar-refractivity contribution in [1.29, 1.82) is 0 Å². The second-order valence-electron chi connectivity index (χ2n) is 7.94. The van der Waals surface area contributed by atoms with E-state index in [4.69, 9.17) is 0 Å². The number of aromatic nitrogens is 2. The van der Waals surface area contributed by atoms with E-state index in [2.05, 4.69) is 45.9 Å². The number of pyridine rings is 2. The molecule has 0 amide bonds. The number of rotatable bonds is 3. The summed E-state index contributed by atoms with van der Waals surface area (Å²) in [5.74, 6) is 0.344. The van der Waals surface area contributed by atoms with Gasteiger partial charge in [-0.25, -0.2) is 8.42 Å². The third kappa shape index (κ3) is 5.79. The molecule has 5 nitrogen and oxygen atoms in total. The Balaban J connectivity index is 0.000000178. The van der Waals surface area contributed by atoms with Gasteiger partial charge in [-0.3, -0.25) is 9.97 Å². The minimum absolute atomic E-state index is 0. The second kappa shape index (κ2) is 10.6. The van der Waals surface area contributed by atoms with Crippen molar-refractivity contribution in [3.63, 3.8) is 0 Å². The van der Waals surface area contributed by atoms with Crippen LogP contribution in [-0.4, -0.2) is 24.4 Å². The zero-order valence-corrected chi connectivity index (χ0v) is 20.2. The molecule has 32 heavy (non-hydrogen) atoms. The topological polar surface area (TPSA) is 74.0 Å². The average Bonchev–Trinajstić information content (AvgIpc) is 3.18. The standard InChI is InChI=1S/C13H17NO2S.C12H8N2.Pd/c1-10-4-7-13(8-5-10)17(15,16)14-12-6-3-11(2)9-12;1-3-9-5-6-10-4-2-8-14-12(10)11(9)13-7-1;/h4-5,7-8,11-12H,2-3,6,9H2,1H3;1-8H;/q-2;;+2/t11-,12+;;/m0../s1. The molecule has 168 valence electrons. The van der Waals surface area contributed by atoms with Gasteiger partial charge in [0.05, 0.1) is 11.0 Å². The largest absolute Gasteiger partial charge is 2.00 e. The van der Waals surface area contributed by atoms with Gasteiger partial charge in [-0.2, -0.15) is 5.92 Å². The van der Waals surface area contributed by atoms with Crippen molar-refractivity contribution in [2.75, 3.05) is 0 Å². The average molecular weight is 538 g/mol. The van der Waals surface area contributed by atoms with Crippen molar-refractivity contribution in [1.82, 2.24) is 9.97 Å². The van der Waals surface area contributed by atoms with Crippen LogP contribution in [0.2, 0.25) is 0 Å². The number of hydrogen-bond donors (Lipinski definition) is 0. The number of fused-ring (bicyclic) bond motifs is 3. The van der Waals surface area contributed by atoms with Crippen LogP contribution < -0.4 is 0 Å². The predicted molar refractivity (Wildman–Crippen MR) is 125 cm³/mol. The molecule has 1 aliphatic carbocycles. The Morgan fingerprint density at radius 1 is 0.875 bits per heavy atom. The van der Waals surface area contributed by atoms with Crippen molar-refractivity contribution < 1.29 is 28.8 Å². The fraction of sp³-hybridized carbons (Fsp3) is 0.240. The molecule has 0 N–H and O–H groups in total. The summed E-state index contributed by atoms with van der Waals surface area (Å²) in [7, 11) is -3.49. The summed E-state index contributed by atoms with van der Waals surface area (Å²) >= 11 is 0. The van der Waals surface area contributed by atoms with Gasteiger partial charge in [-0.15, -0.1) is 6.04 Å². The molecule has 7 heteroatoms. The second-order valence-corrected chi connectivity index (χ2v) is 9.57. The van der Waals surface area contributed by atoms with Crippen molar-refractivity contribution in [2.45, 2.75) is 37.1 Å². The molecule has 0 unspecified atom stereocenters. The van der Waals surface area contributed by atoms with E-state index in [0.717, 1.165) is 46.6 Å². The van der Waals surface area contributed by atoms with Crippen molar-refractivity contribution >= 4 is 31.8 Å². The van der Waals surface area contributed by atoms with Gasteiger partial charge in [0.15, 0.2) is 0 Å². The summed E-state index contributed by atoms with van der Waals surface area (Å²) in [5.41, 5.74) is 3.00. The van der Waals surface area contributed by atoms with Crippen molar-refractivity contribution in [2.24, 2.45) is 5.92 Å². The number of hydrogen-bond acceptors (Lipinski definition) is 4. The van der Waals surface area contributed by atoms with Crippen LogP contribution in [0.3, 0.4) is 0 Å². The van der Waals surface area contributed by atoms with Gasteiger partial charge in [0.2, 0.25) is 0 Å². The third-order valence-electron chi connectivity index (χ3n) is 5.46. The van der Waals surface area contributed by atoms with E-state index >= 15 is 0 Å². The molecule has 0 bridgehead atoms. The maximum absolute atomic E-state index is 12.0. The van der Waals surface area contributed by atoms with Crippen LogP contribution in [0.25, 0.3) is 26.5 Å². The van der Waals surface area contributed by atoms with Crippen LogP contribution >= 0.6 is 0 Å². The molecule has 2 aromatic carbocycles. The van der Waals surface area contributed by atoms with E-state index in [9.17, 15) is 8.42 Å². The Hall–Kier alpha value is -2.17. The van der Waals surface area contributed by atoms with Gasteiger partial charge in [0.1, 0.15) is 10.0 Å². The van der Waals surface area contributed by atoms with Gasteiger partial charge in [-0.1, -0.05) is 61.2 Å². The van der Waals surface area contributed by atoms with E-state index in [1.54, 1.807) is 36.7 Å². The van der Waals surface area contributed by atoms with Crippen LogP contribution in [0.4, 0.5) is 0 Å². The van der Waals surface area contributed by atoms with Crippen LogP contribution in [-0.2, 0) is 30.4 Å². The van der Waals surface area contributed by atoms with Crippen LogP contribution in [0.5, 0.6) is 0 Å². The van der Waals surface area contributed by atoms with Crippen LogP contribution in [0, 0.1) is 19.8 Å². The molecular weight excluding hydrogens is 513 g/mol. The third-order valence-corrected chi connectivity index (χ3v) is 6.91. The van der Waals surface area contributed by atoms with Crippen molar-refractivity contribution in [3.8, 4) is 0 Å². The normalized spacial score (nSPS) is 18.1. The van der Waals surface area contributed by atoms with E-state index in [1.807, 2.05) is 19.1 Å². The monoisotopic (exact) mass is 537 g/mol. The first-order chi connectivity index (χ1) is 14.9. The van der Waals surface area contributed by atoms with Gasteiger partial charge in [0, 0.05) is 28.1 Å². The first-order valence-electron chi connectivity index (χ1n) is 10.4. The Kier molecular flexibility index (Phi) is 8.13. The van der Waals surface area contributed by atoms with Gasteiger partial charge < -0.3 is 11.6 Å². The zero-order chi connectivity index (χ0) is 21.8. The van der Waals surface area contributed by atoms with E-state index in [-0.39, 0.29) is 31.4 Å². The number of benzene rings is 2. The van der Waals surface area contributed by atoms with Gasteiger partial charge >= 0.3 is 20.4 Å². The molecule has 0 saturated heterocycles. The predicted octanol–water partition coefficient (Wildman–Crippen LogP) is 5.84. The summed E-state index contributed by atoms with van der Waals surface area (Å²) in [6.45, 7) is 5.88. The van der Waals surface area contributed by atoms with Gasteiger partial charge in [-0.05, 0) is 31.2 Å². The molecule has 1 aliphatic rings. The van der Waals surface area contributed by atoms with E-state index in [0.29, 0.717) is 5.92 Å². The van der Waals surface area contributed by atoms with Crippen molar-refractivity contribution in [3.05, 3.63) is 90.3 Å². The minimum atomic E-state index is -3.49. The summed E-state index contributed by atoms with van der Waals surface area (Å²) in [6, 6.07) is 18.9.